The molecule has 4 aromatic rings. The standard InChI is InChI=1S/C24H21N5O5/c1-14-18(4-3-11-30)21(15-5-7-16(31-2)8-6-15)22(23-26-28-29-27-23)24(25-14)34-17-9-10-19-20(12-17)33-13-32-19/h3-10,12,30H,11,13H2,1-2H3,(H,26,27,28,29). The topological polar surface area (TPSA) is 125 Å². The van der Waals surface area contributed by atoms with Crippen molar-refractivity contribution in [3.63, 3.8) is 0 Å². The van der Waals surface area contributed by atoms with E-state index in [0.29, 0.717) is 40.2 Å². The van der Waals surface area contributed by atoms with Gasteiger partial charge in [0.25, 0.3) is 0 Å². The van der Waals surface area contributed by atoms with Crippen molar-refractivity contribution in [1.82, 2.24) is 25.6 Å². The molecule has 1 aliphatic heterocycles. The molecule has 0 saturated carbocycles. The number of pyridine rings is 1. The van der Waals surface area contributed by atoms with Crippen LogP contribution in [0.4, 0.5) is 0 Å². The molecule has 2 aromatic heterocycles. The number of rotatable bonds is 7. The molecular formula is C24H21N5O5. The van der Waals surface area contributed by atoms with Crippen molar-refractivity contribution in [2.45, 2.75) is 6.92 Å². The summed E-state index contributed by atoms with van der Waals surface area (Å²) in [7, 11) is 1.61. The highest BCUT2D eigenvalue weighted by Gasteiger charge is 2.25. The van der Waals surface area contributed by atoms with Crippen LogP contribution in [0.2, 0.25) is 0 Å². The van der Waals surface area contributed by atoms with Gasteiger partial charge >= 0.3 is 0 Å². The number of fused-ring (bicyclic) bond motifs is 1. The number of aromatic nitrogens is 5. The Hall–Kier alpha value is -4.44. The number of nitrogens with one attached hydrogen (secondary N) is 1. The summed E-state index contributed by atoms with van der Waals surface area (Å²) < 4.78 is 22.4. The second kappa shape index (κ2) is 9.20. The lowest BCUT2D eigenvalue weighted by molar-refractivity contribution is 0.174. The van der Waals surface area contributed by atoms with E-state index in [2.05, 4.69) is 20.6 Å². The average molecular weight is 459 g/mol. The molecule has 10 nitrogen and oxygen atoms in total. The van der Waals surface area contributed by atoms with E-state index in [1.54, 1.807) is 31.4 Å². The van der Waals surface area contributed by atoms with Crippen molar-refractivity contribution in [2.24, 2.45) is 0 Å². The lowest BCUT2D eigenvalue weighted by atomic mass is 9.93. The van der Waals surface area contributed by atoms with Crippen molar-refractivity contribution < 1.29 is 24.1 Å². The largest absolute Gasteiger partial charge is 0.497 e. The van der Waals surface area contributed by atoms with E-state index in [4.69, 9.17) is 23.9 Å². The van der Waals surface area contributed by atoms with Gasteiger partial charge in [0.1, 0.15) is 11.5 Å². The maximum absolute atomic E-state index is 9.42. The van der Waals surface area contributed by atoms with E-state index in [1.165, 1.54) is 0 Å². The molecule has 0 spiro atoms. The van der Waals surface area contributed by atoms with Crippen LogP contribution in [-0.2, 0) is 0 Å². The fourth-order valence-corrected chi connectivity index (χ4v) is 3.72. The molecule has 5 rings (SSSR count). The van der Waals surface area contributed by atoms with Gasteiger partial charge in [-0.05, 0) is 42.0 Å². The van der Waals surface area contributed by atoms with Crippen LogP contribution in [0, 0.1) is 6.92 Å². The smallest absolute Gasteiger partial charge is 0.231 e. The SMILES string of the molecule is COc1ccc(-c2c(C=CCO)c(C)nc(Oc3ccc4c(c3)OCO4)c2-c2nn[nH]n2)cc1. The summed E-state index contributed by atoms with van der Waals surface area (Å²) >= 11 is 0. The number of tetrazole rings is 1. The molecule has 3 heterocycles. The zero-order chi connectivity index (χ0) is 23.5. The van der Waals surface area contributed by atoms with Crippen LogP contribution in [0.3, 0.4) is 0 Å². The number of aliphatic hydroxyl groups excluding tert-OH is 1. The molecule has 1 aliphatic rings. The van der Waals surface area contributed by atoms with E-state index >= 15 is 0 Å². The van der Waals surface area contributed by atoms with E-state index in [0.717, 1.165) is 22.4 Å². The Balaban J connectivity index is 1.73. The number of hydrogen-bond acceptors (Lipinski definition) is 9. The number of aromatic amines is 1. The van der Waals surface area contributed by atoms with E-state index in [9.17, 15) is 5.11 Å². The highest BCUT2D eigenvalue weighted by atomic mass is 16.7. The number of aryl methyl sites for hydroxylation is 1. The Labute approximate surface area is 194 Å². The number of hydrogen-bond donors (Lipinski definition) is 2. The normalized spacial score (nSPS) is 12.3. The van der Waals surface area contributed by atoms with Crippen molar-refractivity contribution in [3.8, 4) is 51.4 Å². The number of methoxy groups -OCH3 is 1. The maximum Gasteiger partial charge on any atom is 0.231 e. The Bertz CT molecular complexity index is 1340. The second-order valence-electron chi connectivity index (χ2n) is 7.33. The quantitative estimate of drug-likeness (QED) is 0.425. The number of aliphatic hydroxyl groups is 1. The fraction of sp³-hybridized carbons (Fsp3) is 0.167. The average Bonchev–Trinajstić information content (AvgIpc) is 3.55. The third-order valence-corrected chi connectivity index (χ3v) is 5.29. The van der Waals surface area contributed by atoms with Gasteiger partial charge in [-0.1, -0.05) is 24.3 Å². The lowest BCUT2D eigenvalue weighted by Gasteiger charge is -2.18. The van der Waals surface area contributed by atoms with Gasteiger partial charge < -0.3 is 24.1 Å². The van der Waals surface area contributed by atoms with Crippen LogP contribution in [0.25, 0.3) is 28.6 Å². The second-order valence-corrected chi connectivity index (χ2v) is 7.33. The van der Waals surface area contributed by atoms with Gasteiger partial charge in [-0.25, -0.2) is 4.98 Å². The van der Waals surface area contributed by atoms with Crippen molar-refractivity contribution in [1.29, 1.82) is 0 Å². The number of ether oxygens (including phenoxy) is 4. The van der Waals surface area contributed by atoms with Gasteiger partial charge in [-0.3, -0.25) is 0 Å². The molecule has 2 N–H and O–H groups in total. The van der Waals surface area contributed by atoms with Crippen molar-refractivity contribution in [3.05, 3.63) is 59.8 Å². The molecule has 0 fully saturated rings. The predicted octanol–water partition coefficient (Wildman–Crippen LogP) is 3.77. The van der Waals surface area contributed by atoms with Gasteiger partial charge in [0.2, 0.25) is 18.5 Å². The summed E-state index contributed by atoms with van der Waals surface area (Å²) in [5.74, 6) is 3.09. The molecule has 0 saturated heterocycles. The highest BCUT2D eigenvalue weighted by Crippen LogP contribution is 2.43. The van der Waals surface area contributed by atoms with Gasteiger partial charge in [0.15, 0.2) is 11.5 Å². The Morgan fingerprint density at radius 1 is 1.06 bits per heavy atom. The monoisotopic (exact) mass is 459 g/mol. The van der Waals surface area contributed by atoms with Crippen LogP contribution < -0.4 is 18.9 Å². The summed E-state index contributed by atoms with van der Waals surface area (Å²) in [4.78, 5) is 4.72. The molecule has 172 valence electrons. The first-order valence-corrected chi connectivity index (χ1v) is 10.5. The molecule has 10 heteroatoms. The molecule has 0 aliphatic carbocycles. The van der Waals surface area contributed by atoms with Crippen LogP contribution in [0.5, 0.6) is 28.9 Å². The summed E-state index contributed by atoms with van der Waals surface area (Å²) in [6.45, 7) is 1.92. The number of H-pyrrole nitrogens is 1. The first-order chi connectivity index (χ1) is 16.7. The third-order valence-electron chi connectivity index (χ3n) is 5.29. The van der Waals surface area contributed by atoms with Gasteiger partial charge in [-0.2, -0.15) is 5.21 Å². The molecule has 0 radical (unpaired) electrons. The maximum atomic E-state index is 9.42. The summed E-state index contributed by atoms with van der Waals surface area (Å²) in [5.41, 5.74) is 3.66. The van der Waals surface area contributed by atoms with Crippen LogP contribution in [0.15, 0.2) is 48.5 Å². The highest BCUT2D eigenvalue weighted by molar-refractivity contribution is 5.90. The Morgan fingerprint density at radius 2 is 1.85 bits per heavy atom. The van der Waals surface area contributed by atoms with Crippen LogP contribution in [0.1, 0.15) is 11.3 Å². The molecule has 0 atom stereocenters. The molecule has 0 bridgehead atoms. The summed E-state index contributed by atoms with van der Waals surface area (Å²) in [5, 5.41) is 24.1. The Kier molecular flexibility index (Phi) is 5.79. The Morgan fingerprint density at radius 3 is 2.59 bits per heavy atom. The van der Waals surface area contributed by atoms with Gasteiger partial charge in [0, 0.05) is 22.9 Å². The first-order valence-electron chi connectivity index (χ1n) is 10.5. The molecule has 2 aromatic carbocycles. The van der Waals surface area contributed by atoms with Crippen molar-refractivity contribution in [2.75, 3.05) is 20.5 Å². The fourth-order valence-electron chi connectivity index (χ4n) is 3.72. The van der Waals surface area contributed by atoms with E-state index in [1.807, 2.05) is 37.3 Å². The van der Waals surface area contributed by atoms with Gasteiger partial charge in [0.05, 0.1) is 19.3 Å². The molecular weight excluding hydrogens is 438 g/mol. The van der Waals surface area contributed by atoms with E-state index in [-0.39, 0.29) is 13.4 Å². The third kappa shape index (κ3) is 4.02. The van der Waals surface area contributed by atoms with Gasteiger partial charge in [-0.15, -0.1) is 10.2 Å². The first kappa shape index (κ1) is 21.4. The summed E-state index contributed by atoms with van der Waals surface area (Å²) in [6.07, 6.45) is 3.46. The molecule has 0 unspecified atom stereocenters. The lowest BCUT2D eigenvalue weighted by Crippen LogP contribution is -2.02. The zero-order valence-electron chi connectivity index (χ0n) is 18.5. The summed E-state index contributed by atoms with van der Waals surface area (Å²) in [6, 6.07) is 12.9. The molecule has 0 amide bonds. The minimum Gasteiger partial charge on any atom is -0.497 e. The number of nitrogens with zero attached hydrogens (tertiary/aromatic N) is 4. The minimum atomic E-state index is -0.117. The zero-order valence-corrected chi connectivity index (χ0v) is 18.5. The number of benzene rings is 2. The van der Waals surface area contributed by atoms with E-state index < -0.39 is 0 Å². The van der Waals surface area contributed by atoms with Crippen LogP contribution in [-0.4, -0.2) is 51.2 Å². The molecule has 34 heavy (non-hydrogen) atoms. The predicted molar refractivity (Wildman–Crippen MR) is 123 cm³/mol. The van der Waals surface area contributed by atoms with Crippen molar-refractivity contribution >= 4 is 6.08 Å². The van der Waals surface area contributed by atoms with Crippen LogP contribution >= 0.6 is 0 Å². The minimum absolute atomic E-state index is 0.117.